The van der Waals surface area contributed by atoms with E-state index in [9.17, 15) is 0 Å². The standard InChI is InChI=1S/C17H26O2Si/c1-7-16(2,3)17(19-20(4,5)6)13-18-15(17)14-11-9-8-10-12-14/h7-12,15H,1,13H2,2-6H3/t15-,17-/m1/s1. The van der Waals surface area contributed by atoms with Gasteiger partial charge in [-0.25, -0.2) is 0 Å². The predicted molar refractivity (Wildman–Crippen MR) is 86.3 cm³/mol. The van der Waals surface area contributed by atoms with Crippen LogP contribution in [0.25, 0.3) is 0 Å². The van der Waals surface area contributed by atoms with Gasteiger partial charge in [0, 0.05) is 5.41 Å². The van der Waals surface area contributed by atoms with Crippen LogP contribution < -0.4 is 0 Å². The Morgan fingerprint density at radius 3 is 2.30 bits per heavy atom. The Morgan fingerprint density at radius 2 is 1.90 bits per heavy atom. The summed E-state index contributed by atoms with van der Waals surface area (Å²) in [6, 6.07) is 10.4. The molecule has 0 spiro atoms. The molecule has 0 unspecified atom stereocenters. The van der Waals surface area contributed by atoms with E-state index in [-0.39, 0.29) is 17.1 Å². The van der Waals surface area contributed by atoms with E-state index < -0.39 is 8.32 Å². The second-order valence-electron chi connectivity index (χ2n) is 7.13. The number of hydrogen-bond donors (Lipinski definition) is 0. The molecule has 0 aliphatic carbocycles. The Labute approximate surface area is 123 Å². The van der Waals surface area contributed by atoms with E-state index in [1.807, 2.05) is 12.1 Å². The van der Waals surface area contributed by atoms with Gasteiger partial charge in [0.05, 0.1) is 6.61 Å². The molecule has 1 aromatic rings. The maximum atomic E-state index is 6.63. The van der Waals surface area contributed by atoms with Crippen molar-refractivity contribution in [2.75, 3.05) is 6.61 Å². The second-order valence-corrected chi connectivity index (χ2v) is 11.6. The van der Waals surface area contributed by atoms with E-state index in [4.69, 9.17) is 9.16 Å². The molecular weight excluding hydrogens is 264 g/mol. The van der Waals surface area contributed by atoms with E-state index in [2.05, 4.69) is 64.3 Å². The Kier molecular flexibility index (Phi) is 3.98. The quantitative estimate of drug-likeness (QED) is 0.584. The van der Waals surface area contributed by atoms with Crippen molar-refractivity contribution in [3.63, 3.8) is 0 Å². The molecule has 1 heterocycles. The molecule has 0 bridgehead atoms. The van der Waals surface area contributed by atoms with Gasteiger partial charge in [-0.3, -0.25) is 0 Å². The van der Waals surface area contributed by atoms with Gasteiger partial charge in [0.2, 0.25) is 0 Å². The molecule has 1 aliphatic rings. The van der Waals surface area contributed by atoms with Crippen LogP contribution in [0.3, 0.4) is 0 Å². The van der Waals surface area contributed by atoms with Gasteiger partial charge in [0.25, 0.3) is 0 Å². The van der Waals surface area contributed by atoms with Gasteiger partial charge in [-0.1, -0.05) is 50.3 Å². The van der Waals surface area contributed by atoms with E-state index in [0.717, 1.165) is 0 Å². The van der Waals surface area contributed by atoms with Gasteiger partial charge in [-0.15, -0.1) is 6.58 Å². The van der Waals surface area contributed by atoms with Crippen molar-refractivity contribution < 1.29 is 9.16 Å². The van der Waals surface area contributed by atoms with E-state index in [1.54, 1.807) is 0 Å². The SMILES string of the molecule is C=CC(C)(C)[C@@]1(O[Si](C)(C)C)CO[C@@H]1c1ccccc1. The second kappa shape index (κ2) is 5.13. The highest BCUT2D eigenvalue weighted by atomic mass is 28.4. The summed E-state index contributed by atoms with van der Waals surface area (Å²) in [4.78, 5) is 0. The fraction of sp³-hybridized carbons (Fsp3) is 0.529. The molecule has 0 aromatic heterocycles. The summed E-state index contributed by atoms with van der Waals surface area (Å²) < 4.78 is 12.5. The molecule has 0 N–H and O–H groups in total. The summed E-state index contributed by atoms with van der Waals surface area (Å²) in [7, 11) is -1.69. The van der Waals surface area contributed by atoms with Crippen LogP contribution in [0.2, 0.25) is 19.6 Å². The first-order valence-electron chi connectivity index (χ1n) is 7.22. The highest BCUT2D eigenvalue weighted by Gasteiger charge is 2.59. The molecule has 3 heteroatoms. The zero-order valence-corrected chi connectivity index (χ0v) is 14.3. The highest BCUT2D eigenvalue weighted by Crippen LogP contribution is 2.54. The third-order valence-corrected chi connectivity index (χ3v) is 5.06. The fourth-order valence-corrected chi connectivity index (χ4v) is 4.29. The van der Waals surface area contributed by atoms with Gasteiger partial charge >= 0.3 is 0 Å². The van der Waals surface area contributed by atoms with Crippen molar-refractivity contribution in [2.45, 2.75) is 45.2 Å². The molecule has 2 atom stereocenters. The van der Waals surface area contributed by atoms with Gasteiger partial charge in [-0.2, -0.15) is 0 Å². The molecule has 1 saturated heterocycles. The van der Waals surface area contributed by atoms with Crippen LogP contribution in [0, 0.1) is 5.41 Å². The summed E-state index contributed by atoms with van der Waals surface area (Å²) in [5, 5.41) is 0. The Hall–Kier alpha value is -0.903. The lowest BCUT2D eigenvalue weighted by Gasteiger charge is -2.58. The molecule has 0 amide bonds. The first-order valence-corrected chi connectivity index (χ1v) is 10.6. The summed E-state index contributed by atoms with van der Waals surface area (Å²) in [5.41, 5.74) is 0.749. The molecule has 2 rings (SSSR count). The topological polar surface area (TPSA) is 18.5 Å². The molecular formula is C17H26O2Si. The van der Waals surface area contributed by atoms with Crippen molar-refractivity contribution in [3.8, 4) is 0 Å². The van der Waals surface area contributed by atoms with Crippen LogP contribution in [0.15, 0.2) is 43.0 Å². The number of benzene rings is 1. The zero-order chi connectivity index (χ0) is 15.0. The molecule has 1 aliphatic heterocycles. The highest BCUT2D eigenvalue weighted by molar-refractivity contribution is 6.69. The van der Waals surface area contributed by atoms with Gasteiger partial charge in [0.15, 0.2) is 8.32 Å². The molecule has 110 valence electrons. The number of rotatable bonds is 5. The molecule has 1 fully saturated rings. The molecule has 2 nitrogen and oxygen atoms in total. The van der Waals surface area contributed by atoms with Crippen molar-refractivity contribution in [2.24, 2.45) is 5.41 Å². The van der Waals surface area contributed by atoms with Crippen LogP contribution in [0.1, 0.15) is 25.5 Å². The summed E-state index contributed by atoms with van der Waals surface area (Å²) >= 11 is 0. The first-order chi connectivity index (χ1) is 9.22. The Balaban J connectivity index is 2.41. The third kappa shape index (κ3) is 2.62. The maximum absolute atomic E-state index is 6.63. The van der Waals surface area contributed by atoms with Gasteiger partial charge in [-0.05, 0) is 25.2 Å². The normalized spacial score (nSPS) is 26.9. The van der Waals surface area contributed by atoms with Crippen LogP contribution in [0.5, 0.6) is 0 Å². The fourth-order valence-electron chi connectivity index (χ4n) is 2.77. The minimum absolute atomic E-state index is 0.0107. The summed E-state index contributed by atoms with van der Waals surface area (Å²) in [5.74, 6) is 0. The monoisotopic (exact) mass is 290 g/mol. The molecule has 20 heavy (non-hydrogen) atoms. The van der Waals surface area contributed by atoms with E-state index >= 15 is 0 Å². The smallest absolute Gasteiger partial charge is 0.184 e. The Morgan fingerprint density at radius 1 is 1.30 bits per heavy atom. The lowest BCUT2D eigenvalue weighted by Crippen LogP contribution is -2.65. The van der Waals surface area contributed by atoms with Crippen LogP contribution >= 0.6 is 0 Å². The average molecular weight is 290 g/mol. The van der Waals surface area contributed by atoms with E-state index in [1.165, 1.54) is 5.56 Å². The van der Waals surface area contributed by atoms with Crippen LogP contribution in [0.4, 0.5) is 0 Å². The van der Waals surface area contributed by atoms with Crippen molar-refractivity contribution >= 4 is 8.32 Å². The van der Waals surface area contributed by atoms with Gasteiger partial charge < -0.3 is 9.16 Å². The van der Waals surface area contributed by atoms with Crippen LogP contribution in [-0.4, -0.2) is 20.5 Å². The lowest BCUT2D eigenvalue weighted by atomic mass is 9.67. The lowest BCUT2D eigenvalue weighted by molar-refractivity contribution is -0.268. The van der Waals surface area contributed by atoms with E-state index in [0.29, 0.717) is 6.61 Å². The maximum Gasteiger partial charge on any atom is 0.184 e. The summed E-state index contributed by atoms with van der Waals surface area (Å²) in [6.07, 6.45) is 1.99. The zero-order valence-electron chi connectivity index (χ0n) is 13.3. The van der Waals surface area contributed by atoms with Crippen molar-refractivity contribution in [1.82, 2.24) is 0 Å². The predicted octanol–water partition coefficient (Wildman–Crippen LogP) is 4.56. The molecule has 0 saturated carbocycles. The Bertz CT molecular complexity index is 476. The number of ether oxygens (including phenoxy) is 1. The molecule has 1 aromatic carbocycles. The first kappa shape index (κ1) is 15.5. The number of hydrogen-bond acceptors (Lipinski definition) is 2. The third-order valence-electron chi connectivity index (χ3n) is 4.08. The minimum Gasteiger partial charge on any atom is -0.406 e. The van der Waals surface area contributed by atoms with Crippen LogP contribution in [-0.2, 0) is 9.16 Å². The van der Waals surface area contributed by atoms with Crippen molar-refractivity contribution in [1.29, 1.82) is 0 Å². The van der Waals surface area contributed by atoms with Crippen molar-refractivity contribution in [3.05, 3.63) is 48.6 Å². The summed E-state index contributed by atoms with van der Waals surface area (Å²) in [6.45, 7) is 15.7. The molecule has 0 radical (unpaired) electrons. The largest absolute Gasteiger partial charge is 0.406 e. The average Bonchev–Trinajstić information content (AvgIpc) is 2.34. The minimum atomic E-state index is -1.69. The van der Waals surface area contributed by atoms with Gasteiger partial charge in [0.1, 0.15) is 11.7 Å².